The third-order valence-electron chi connectivity index (χ3n) is 3.18. The predicted molar refractivity (Wildman–Crippen MR) is 69.0 cm³/mol. The van der Waals surface area contributed by atoms with Gasteiger partial charge in [0.25, 0.3) is 0 Å². The summed E-state index contributed by atoms with van der Waals surface area (Å²) in [6.45, 7) is 8.20. The highest BCUT2D eigenvalue weighted by Crippen LogP contribution is 2.01. The van der Waals surface area contributed by atoms with Crippen molar-refractivity contribution in [1.82, 2.24) is 14.8 Å². The Hall–Kier alpha value is -0.840. The molecule has 4 heteroatoms. The van der Waals surface area contributed by atoms with Crippen LogP contribution in [0.3, 0.4) is 0 Å². The summed E-state index contributed by atoms with van der Waals surface area (Å²) in [7, 11) is 2.06. The third-order valence-corrected chi connectivity index (χ3v) is 3.18. The number of hydrogen-bond acceptors (Lipinski definition) is 3. The zero-order valence-electron chi connectivity index (χ0n) is 10.9. The van der Waals surface area contributed by atoms with Crippen LogP contribution in [-0.4, -0.2) is 48.4 Å². The van der Waals surface area contributed by atoms with Crippen LogP contribution in [0, 0.1) is 0 Å². The molecule has 1 saturated heterocycles. The van der Waals surface area contributed by atoms with Gasteiger partial charge in [0, 0.05) is 51.7 Å². The Morgan fingerprint density at radius 1 is 1.41 bits per heavy atom. The van der Waals surface area contributed by atoms with Gasteiger partial charge in [-0.15, -0.1) is 0 Å². The van der Waals surface area contributed by atoms with Crippen LogP contribution in [0.5, 0.6) is 0 Å². The third kappa shape index (κ3) is 4.15. The Morgan fingerprint density at radius 2 is 2.18 bits per heavy atom. The monoisotopic (exact) mass is 237 g/mol. The number of hydrogen-bond donors (Lipinski definition) is 1. The van der Waals surface area contributed by atoms with E-state index in [4.69, 9.17) is 4.74 Å². The van der Waals surface area contributed by atoms with Gasteiger partial charge in [-0.25, -0.2) is 0 Å². The maximum atomic E-state index is 5.35. The normalized spacial score (nSPS) is 19.4. The van der Waals surface area contributed by atoms with E-state index < -0.39 is 0 Å². The summed E-state index contributed by atoms with van der Waals surface area (Å²) in [4.78, 5) is 2.46. The molecule has 1 N–H and O–H groups in total. The highest BCUT2D eigenvalue weighted by molar-refractivity contribution is 5.09. The fraction of sp³-hybridized carbons (Fsp3) is 0.692. The van der Waals surface area contributed by atoms with Gasteiger partial charge in [0.15, 0.2) is 0 Å². The first-order valence-electron chi connectivity index (χ1n) is 6.38. The highest BCUT2D eigenvalue weighted by Gasteiger charge is 2.13. The van der Waals surface area contributed by atoms with E-state index in [1.54, 1.807) is 0 Å². The number of ether oxygens (including phenoxy) is 1. The zero-order chi connectivity index (χ0) is 12.1. The number of morpholine rings is 1. The molecular weight excluding hydrogens is 214 g/mol. The summed E-state index contributed by atoms with van der Waals surface area (Å²) < 4.78 is 7.44. The first-order chi connectivity index (χ1) is 8.24. The van der Waals surface area contributed by atoms with Crippen LogP contribution < -0.4 is 5.32 Å². The molecule has 0 saturated carbocycles. The van der Waals surface area contributed by atoms with E-state index in [9.17, 15) is 0 Å². The Bertz CT molecular complexity index is 331. The van der Waals surface area contributed by atoms with Crippen LogP contribution in [-0.2, 0) is 18.3 Å². The topological polar surface area (TPSA) is 29.4 Å². The second-order valence-electron chi connectivity index (χ2n) is 4.88. The molecule has 0 radical (unpaired) electrons. The molecule has 1 aromatic rings. The molecule has 1 aliphatic rings. The average Bonchev–Trinajstić information content (AvgIpc) is 2.74. The molecule has 2 rings (SSSR count). The van der Waals surface area contributed by atoms with Gasteiger partial charge in [0.1, 0.15) is 0 Å². The van der Waals surface area contributed by atoms with Gasteiger partial charge < -0.3 is 14.6 Å². The first kappa shape index (κ1) is 12.6. The molecule has 0 bridgehead atoms. The summed E-state index contributed by atoms with van der Waals surface area (Å²) in [5.41, 5.74) is 1.35. The standard InChI is InChI=1S/C13H23N3O/c1-12(10-16-5-7-17-8-6-16)14-9-13-3-4-15(2)11-13/h3-4,11-12,14H,5-10H2,1-2H3. The lowest BCUT2D eigenvalue weighted by Gasteiger charge is -2.29. The largest absolute Gasteiger partial charge is 0.379 e. The van der Waals surface area contributed by atoms with Crippen molar-refractivity contribution in [2.24, 2.45) is 7.05 Å². The SMILES string of the molecule is CC(CN1CCOCC1)NCc1ccn(C)c1. The maximum absolute atomic E-state index is 5.35. The molecule has 2 heterocycles. The van der Waals surface area contributed by atoms with Gasteiger partial charge >= 0.3 is 0 Å². The lowest BCUT2D eigenvalue weighted by atomic mass is 10.2. The van der Waals surface area contributed by atoms with E-state index in [0.29, 0.717) is 6.04 Å². The molecule has 96 valence electrons. The van der Waals surface area contributed by atoms with E-state index in [2.05, 4.69) is 47.2 Å². The second-order valence-corrected chi connectivity index (χ2v) is 4.88. The van der Waals surface area contributed by atoms with E-state index in [1.165, 1.54) is 5.56 Å². The van der Waals surface area contributed by atoms with Crippen molar-refractivity contribution in [3.05, 3.63) is 24.0 Å². The van der Waals surface area contributed by atoms with Crippen LogP contribution in [0.25, 0.3) is 0 Å². The van der Waals surface area contributed by atoms with Crippen molar-refractivity contribution < 1.29 is 4.74 Å². The molecule has 0 aromatic carbocycles. The minimum absolute atomic E-state index is 0.522. The summed E-state index contributed by atoms with van der Waals surface area (Å²) in [6.07, 6.45) is 4.25. The number of nitrogens with one attached hydrogen (secondary N) is 1. The summed E-state index contributed by atoms with van der Waals surface area (Å²) in [5.74, 6) is 0. The van der Waals surface area contributed by atoms with Crippen molar-refractivity contribution in [2.75, 3.05) is 32.8 Å². The van der Waals surface area contributed by atoms with Crippen LogP contribution >= 0.6 is 0 Å². The average molecular weight is 237 g/mol. The van der Waals surface area contributed by atoms with Gasteiger partial charge in [-0.1, -0.05) is 0 Å². The molecule has 1 aliphatic heterocycles. The molecule has 1 unspecified atom stereocenters. The molecule has 0 aliphatic carbocycles. The summed E-state index contributed by atoms with van der Waals surface area (Å²) >= 11 is 0. The van der Waals surface area contributed by atoms with Crippen LogP contribution in [0.4, 0.5) is 0 Å². The minimum atomic E-state index is 0.522. The molecule has 0 spiro atoms. The lowest BCUT2D eigenvalue weighted by molar-refractivity contribution is 0.0343. The molecule has 1 aromatic heterocycles. The smallest absolute Gasteiger partial charge is 0.0594 e. The Labute approximate surface area is 104 Å². The highest BCUT2D eigenvalue weighted by atomic mass is 16.5. The summed E-state index contributed by atoms with van der Waals surface area (Å²) in [5, 5.41) is 3.56. The number of aromatic nitrogens is 1. The Morgan fingerprint density at radius 3 is 2.82 bits per heavy atom. The van der Waals surface area contributed by atoms with Crippen molar-refractivity contribution in [3.63, 3.8) is 0 Å². The van der Waals surface area contributed by atoms with Gasteiger partial charge in [0.05, 0.1) is 13.2 Å². The van der Waals surface area contributed by atoms with Crippen molar-refractivity contribution >= 4 is 0 Å². The van der Waals surface area contributed by atoms with Crippen molar-refractivity contribution in [2.45, 2.75) is 19.5 Å². The van der Waals surface area contributed by atoms with Crippen LogP contribution in [0.2, 0.25) is 0 Å². The Kier molecular flexibility index (Phi) is 4.59. The lowest BCUT2D eigenvalue weighted by Crippen LogP contribution is -2.44. The molecule has 4 nitrogen and oxygen atoms in total. The number of rotatable bonds is 5. The number of nitrogens with zero attached hydrogens (tertiary/aromatic N) is 2. The fourth-order valence-corrected chi connectivity index (χ4v) is 2.19. The molecule has 1 atom stereocenters. The second kappa shape index (κ2) is 6.19. The molecular formula is C13H23N3O. The zero-order valence-corrected chi connectivity index (χ0v) is 10.9. The summed E-state index contributed by atoms with van der Waals surface area (Å²) in [6, 6.07) is 2.68. The van der Waals surface area contributed by atoms with Gasteiger partial charge in [0.2, 0.25) is 0 Å². The van der Waals surface area contributed by atoms with Gasteiger partial charge in [-0.2, -0.15) is 0 Å². The quantitative estimate of drug-likeness (QED) is 0.823. The van der Waals surface area contributed by atoms with E-state index in [0.717, 1.165) is 39.4 Å². The molecule has 0 amide bonds. The van der Waals surface area contributed by atoms with Crippen LogP contribution in [0.15, 0.2) is 18.5 Å². The maximum Gasteiger partial charge on any atom is 0.0594 e. The minimum Gasteiger partial charge on any atom is -0.379 e. The molecule has 1 fully saturated rings. The van der Waals surface area contributed by atoms with Crippen molar-refractivity contribution in [3.8, 4) is 0 Å². The van der Waals surface area contributed by atoms with Crippen molar-refractivity contribution in [1.29, 1.82) is 0 Å². The van der Waals surface area contributed by atoms with Gasteiger partial charge in [-0.3, -0.25) is 4.90 Å². The first-order valence-corrected chi connectivity index (χ1v) is 6.38. The Balaban J connectivity index is 1.68. The predicted octanol–water partition coefficient (Wildman–Crippen LogP) is 0.835. The van der Waals surface area contributed by atoms with E-state index >= 15 is 0 Å². The van der Waals surface area contributed by atoms with E-state index in [-0.39, 0.29) is 0 Å². The van der Waals surface area contributed by atoms with Gasteiger partial charge in [-0.05, 0) is 18.6 Å². The van der Waals surface area contributed by atoms with E-state index in [1.807, 2.05) is 0 Å². The fourth-order valence-electron chi connectivity index (χ4n) is 2.19. The van der Waals surface area contributed by atoms with Crippen LogP contribution in [0.1, 0.15) is 12.5 Å². The number of aryl methyl sites for hydroxylation is 1. The molecule has 17 heavy (non-hydrogen) atoms.